The van der Waals surface area contributed by atoms with Crippen LogP contribution in [0.5, 0.6) is 0 Å². The number of halogens is 1. The van der Waals surface area contributed by atoms with E-state index in [1.165, 1.54) is 13.8 Å². The van der Waals surface area contributed by atoms with Gasteiger partial charge in [0.25, 0.3) is 5.91 Å². The maximum Gasteiger partial charge on any atom is 0.311 e. The summed E-state index contributed by atoms with van der Waals surface area (Å²) in [6.07, 6.45) is -0.907. The zero-order chi connectivity index (χ0) is 18.4. The molecule has 2 aromatic rings. The smallest absolute Gasteiger partial charge is 0.311 e. The van der Waals surface area contributed by atoms with Crippen LogP contribution >= 0.6 is 11.6 Å². The van der Waals surface area contributed by atoms with Gasteiger partial charge < -0.3 is 10.1 Å². The van der Waals surface area contributed by atoms with E-state index in [2.05, 4.69) is 5.32 Å². The van der Waals surface area contributed by atoms with Crippen LogP contribution in [0.25, 0.3) is 0 Å². The maximum atomic E-state index is 12.1. The third-order valence-electron chi connectivity index (χ3n) is 3.48. The van der Waals surface area contributed by atoms with Crippen molar-refractivity contribution in [3.05, 3.63) is 64.7 Å². The first-order valence-electron chi connectivity index (χ1n) is 7.71. The first-order valence-corrected chi connectivity index (χ1v) is 8.09. The lowest BCUT2D eigenvalue weighted by Crippen LogP contribution is -2.30. The second-order valence-corrected chi connectivity index (χ2v) is 6.00. The van der Waals surface area contributed by atoms with E-state index in [4.69, 9.17) is 16.3 Å². The molecular weight excluding hydrogens is 342 g/mol. The molecule has 5 nitrogen and oxygen atoms in total. The molecule has 0 radical (unpaired) electrons. The quantitative estimate of drug-likeness (QED) is 0.631. The summed E-state index contributed by atoms with van der Waals surface area (Å²) < 4.78 is 5.15. The van der Waals surface area contributed by atoms with Crippen molar-refractivity contribution in [2.75, 3.05) is 5.32 Å². The van der Waals surface area contributed by atoms with Crippen LogP contribution in [0.4, 0.5) is 5.69 Å². The molecule has 0 unspecified atom stereocenters. The van der Waals surface area contributed by atoms with Gasteiger partial charge in [0.05, 0.1) is 6.42 Å². The second kappa shape index (κ2) is 8.44. The van der Waals surface area contributed by atoms with E-state index < -0.39 is 18.0 Å². The minimum absolute atomic E-state index is 0.0502. The highest BCUT2D eigenvalue weighted by Crippen LogP contribution is 2.13. The van der Waals surface area contributed by atoms with Gasteiger partial charge in [-0.25, -0.2) is 0 Å². The largest absolute Gasteiger partial charge is 0.452 e. The summed E-state index contributed by atoms with van der Waals surface area (Å²) in [5.41, 5.74) is 1.71. The number of esters is 1. The number of rotatable bonds is 6. The first-order chi connectivity index (χ1) is 11.8. The van der Waals surface area contributed by atoms with Gasteiger partial charge in [0.15, 0.2) is 11.9 Å². The summed E-state index contributed by atoms with van der Waals surface area (Å²) in [5, 5.41) is 3.21. The van der Waals surface area contributed by atoms with Gasteiger partial charge >= 0.3 is 5.97 Å². The van der Waals surface area contributed by atoms with E-state index in [1.54, 1.807) is 48.5 Å². The molecule has 0 aromatic heterocycles. The van der Waals surface area contributed by atoms with Crippen molar-refractivity contribution in [1.82, 2.24) is 0 Å². The Morgan fingerprint density at radius 3 is 2.44 bits per heavy atom. The minimum Gasteiger partial charge on any atom is -0.452 e. The number of nitrogens with one attached hydrogen (secondary N) is 1. The van der Waals surface area contributed by atoms with E-state index in [1.807, 2.05) is 0 Å². The lowest BCUT2D eigenvalue weighted by molar-refractivity contribution is -0.152. The van der Waals surface area contributed by atoms with Crippen LogP contribution in [0.2, 0.25) is 5.02 Å². The zero-order valence-corrected chi connectivity index (χ0v) is 14.7. The van der Waals surface area contributed by atoms with Gasteiger partial charge in [0.2, 0.25) is 0 Å². The number of hydrogen-bond acceptors (Lipinski definition) is 4. The molecule has 0 aliphatic rings. The van der Waals surface area contributed by atoms with Gasteiger partial charge in [-0.2, -0.15) is 0 Å². The Bertz CT molecular complexity index is 786. The van der Waals surface area contributed by atoms with Crippen molar-refractivity contribution >= 4 is 34.9 Å². The van der Waals surface area contributed by atoms with Crippen LogP contribution in [0.3, 0.4) is 0 Å². The number of anilines is 1. The molecule has 1 atom stereocenters. The van der Waals surface area contributed by atoms with Crippen molar-refractivity contribution in [3.63, 3.8) is 0 Å². The molecule has 0 aliphatic heterocycles. The van der Waals surface area contributed by atoms with E-state index in [9.17, 15) is 14.4 Å². The van der Waals surface area contributed by atoms with Crippen molar-refractivity contribution in [1.29, 1.82) is 0 Å². The fourth-order valence-electron chi connectivity index (χ4n) is 2.12. The summed E-state index contributed by atoms with van der Waals surface area (Å²) in [4.78, 5) is 35.4. The van der Waals surface area contributed by atoms with E-state index in [-0.39, 0.29) is 12.2 Å². The van der Waals surface area contributed by atoms with Gasteiger partial charge in [-0.15, -0.1) is 0 Å². The number of carbonyl (C=O) groups is 3. The summed E-state index contributed by atoms with van der Waals surface area (Å²) in [5.74, 6) is -1.08. The molecule has 1 amide bonds. The topological polar surface area (TPSA) is 72.5 Å². The van der Waals surface area contributed by atoms with Crippen molar-refractivity contribution in [2.24, 2.45) is 0 Å². The monoisotopic (exact) mass is 359 g/mol. The van der Waals surface area contributed by atoms with Gasteiger partial charge in [0.1, 0.15) is 0 Å². The second-order valence-electron chi connectivity index (χ2n) is 5.56. The molecule has 0 saturated heterocycles. The molecule has 25 heavy (non-hydrogen) atoms. The number of amides is 1. The molecule has 0 heterocycles. The SMILES string of the molecule is CC(=O)c1cccc(NC(=O)[C@H](C)OC(=O)Cc2ccc(Cl)cc2)c1. The van der Waals surface area contributed by atoms with E-state index in [0.29, 0.717) is 16.3 Å². The number of Topliss-reactive ketones (excluding diaryl/α,β-unsaturated/α-hetero) is 1. The standard InChI is InChI=1S/C19H18ClNO4/c1-12(22)15-4-3-5-17(11-15)21-19(24)13(2)25-18(23)10-14-6-8-16(20)9-7-14/h3-9,11,13H,10H2,1-2H3,(H,21,24)/t13-/m0/s1. The third-order valence-corrected chi connectivity index (χ3v) is 3.73. The average Bonchev–Trinajstić information content (AvgIpc) is 2.57. The van der Waals surface area contributed by atoms with Crippen LogP contribution in [-0.2, 0) is 20.7 Å². The molecule has 1 N–H and O–H groups in total. The van der Waals surface area contributed by atoms with Crippen LogP contribution < -0.4 is 5.32 Å². The number of hydrogen-bond donors (Lipinski definition) is 1. The summed E-state index contributed by atoms with van der Waals surface area (Å²) >= 11 is 5.79. The Balaban J connectivity index is 1.91. The number of ketones is 1. The van der Waals surface area contributed by atoms with Crippen LogP contribution in [0.1, 0.15) is 29.8 Å². The number of carbonyl (C=O) groups excluding carboxylic acids is 3. The summed E-state index contributed by atoms with van der Waals surface area (Å²) in [7, 11) is 0. The molecular formula is C19H18ClNO4. The average molecular weight is 360 g/mol. The van der Waals surface area contributed by atoms with Gasteiger partial charge in [0, 0.05) is 16.3 Å². The van der Waals surface area contributed by atoms with Crippen LogP contribution in [0.15, 0.2) is 48.5 Å². The highest BCUT2D eigenvalue weighted by atomic mass is 35.5. The number of benzene rings is 2. The van der Waals surface area contributed by atoms with Gasteiger partial charge in [-0.05, 0) is 43.7 Å². The third kappa shape index (κ3) is 5.72. The molecule has 0 aliphatic carbocycles. The minimum atomic E-state index is -0.958. The predicted molar refractivity (Wildman–Crippen MR) is 95.8 cm³/mol. The highest BCUT2D eigenvalue weighted by Gasteiger charge is 2.18. The van der Waals surface area contributed by atoms with Gasteiger partial charge in [-0.3, -0.25) is 14.4 Å². The molecule has 130 valence electrons. The van der Waals surface area contributed by atoms with Crippen molar-refractivity contribution in [3.8, 4) is 0 Å². The van der Waals surface area contributed by atoms with Crippen molar-refractivity contribution in [2.45, 2.75) is 26.4 Å². The van der Waals surface area contributed by atoms with Crippen molar-refractivity contribution < 1.29 is 19.1 Å². The molecule has 2 aromatic carbocycles. The molecule has 0 spiro atoms. The van der Waals surface area contributed by atoms with E-state index in [0.717, 1.165) is 5.56 Å². The lowest BCUT2D eigenvalue weighted by Gasteiger charge is -2.14. The van der Waals surface area contributed by atoms with E-state index >= 15 is 0 Å². The summed E-state index contributed by atoms with van der Waals surface area (Å²) in [6.45, 7) is 2.94. The lowest BCUT2D eigenvalue weighted by atomic mass is 10.1. The highest BCUT2D eigenvalue weighted by molar-refractivity contribution is 6.30. The predicted octanol–water partition coefficient (Wildman–Crippen LogP) is 3.66. The Labute approximate surface area is 150 Å². The first kappa shape index (κ1) is 18.7. The Kier molecular flexibility index (Phi) is 6.31. The van der Waals surface area contributed by atoms with Gasteiger partial charge in [-0.1, -0.05) is 35.9 Å². The Morgan fingerprint density at radius 1 is 1.12 bits per heavy atom. The molecule has 0 fully saturated rings. The molecule has 0 bridgehead atoms. The maximum absolute atomic E-state index is 12.1. The van der Waals surface area contributed by atoms with Crippen LogP contribution in [-0.4, -0.2) is 23.8 Å². The molecule has 6 heteroatoms. The molecule has 2 rings (SSSR count). The zero-order valence-electron chi connectivity index (χ0n) is 13.9. The molecule has 0 saturated carbocycles. The fourth-order valence-corrected chi connectivity index (χ4v) is 2.25. The summed E-state index contributed by atoms with van der Waals surface area (Å²) in [6, 6.07) is 13.4. The van der Waals surface area contributed by atoms with Crippen LogP contribution in [0, 0.1) is 0 Å². The Morgan fingerprint density at radius 2 is 1.80 bits per heavy atom. The Hall–Kier alpha value is -2.66. The normalized spacial score (nSPS) is 11.5. The fraction of sp³-hybridized carbons (Fsp3) is 0.211. The number of ether oxygens (including phenoxy) is 1.